The van der Waals surface area contributed by atoms with E-state index in [1.54, 1.807) is 20.0 Å². The van der Waals surface area contributed by atoms with Crippen molar-refractivity contribution in [3.05, 3.63) is 58.1 Å². The monoisotopic (exact) mass is 377 g/mol. The maximum atomic E-state index is 12.8. The molecule has 144 valence electrons. The minimum Gasteiger partial charge on any atom is -0.478 e. The smallest absolute Gasteiger partial charge is 0.328 e. The Bertz CT molecular complexity index is 791. The number of hydrogen-bond acceptors (Lipinski definition) is 2. The van der Waals surface area contributed by atoms with Gasteiger partial charge in [-0.25, -0.2) is 13.7 Å². The summed E-state index contributed by atoms with van der Waals surface area (Å²) < 4.78 is 15.7. The van der Waals surface area contributed by atoms with Crippen molar-refractivity contribution in [2.45, 2.75) is 47.0 Å². The molecule has 1 unspecified atom stereocenters. The Morgan fingerprint density at radius 1 is 1.27 bits per heavy atom. The molecule has 0 heterocycles. The van der Waals surface area contributed by atoms with Crippen LogP contribution in [0.25, 0.3) is 0 Å². The summed E-state index contributed by atoms with van der Waals surface area (Å²) in [4.78, 5) is 11.5. The fourth-order valence-corrected chi connectivity index (χ4v) is 4.41. The van der Waals surface area contributed by atoms with Crippen LogP contribution in [0.1, 0.15) is 47.0 Å². The zero-order chi connectivity index (χ0) is 20.0. The van der Waals surface area contributed by atoms with E-state index in [1.807, 2.05) is 25.2 Å². The third kappa shape index (κ3) is 6.46. The lowest BCUT2D eigenvalue weighted by Crippen LogP contribution is -2.28. The van der Waals surface area contributed by atoms with E-state index in [9.17, 15) is 9.00 Å². The standard InChI is InChI=1S/C21H31NO3S/c1-16(9-7-10-17(2)15-20(23)24)12-13-18-19(26(6,25)22-5)11-8-14-21(18,3)4/h7,9-10,12-13,15H,6,8,11,14H2,1-5H3,(H,22,25)(H,23,24)/b10-7+,13-12+,16-9+,17-15+. The van der Waals surface area contributed by atoms with Crippen LogP contribution in [0.2, 0.25) is 0 Å². The Hall–Kier alpha value is -1.85. The van der Waals surface area contributed by atoms with Gasteiger partial charge in [-0.15, -0.1) is 0 Å². The molecule has 0 aromatic carbocycles. The van der Waals surface area contributed by atoms with Gasteiger partial charge < -0.3 is 5.11 Å². The molecular weight excluding hydrogens is 346 g/mol. The summed E-state index contributed by atoms with van der Waals surface area (Å²) >= 11 is 0. The average Bonchev–Trinajstić information content (AvgIpc) is 2.52. The Balaban J connectivity index is 3.13. The van der Waals surface area contributed by atoms with Crippen molar-refractivity contribution in [3.63, 3.8) is 0 Å². The predicted octanol–water partition coefficient (Wildman–Crippen LogP) is 4.39. The molecule has 1 aliphatic rings. The first kappa shape index (κ1) is 22.2. The highest BCUT2D eigenvalue weighted by molar-refractivity contribution is 8.02. The van der Waals surface area contributed by atoms with Crippen molar-refractivity contribution in [2.24, 2.45) is 5.41 Å². The molecular formula is C21H31NO3S. The molecule has 0 radical (unpaired) electrons. The number of rotatable bonds is 7. The zero-order valence-corrected chi connectivity index (χ0v) is 17.3. The quantitative estimate of drug-likeness (QED) is 0.393. The number of aliphatic carboxylic acids is 1. The zero-order valence-electron chi connectivity index (χ0n) is 16.5. The maximum absolute atomic E-state index is 12.8. The number of allylic oxidation sites excluding steroid dienone is 9. The minimum absolute atomic E-state index is 0.0434. The molecule has 0 saturated carbocycles. The van der Waals surface area contributed by atoms with Crippen LogP contribution in [0.15, 0.2) is 58.1 Å². The first-order valence-electron chi connectivity index (χ1n) is 8.73. The van der Waals surface area contributed by atoms with Gasteiger partial charge in [-0.2, -0.15) is 0 Å². The van der Waals surface area contributed by atoms with Crippen LogP contribution >= 0.6 is 0 Å². The average molecular weight is 378 g/mol. The van der Waals surface area contributed by atoms with Crippen LogP contribution in [0.3, 0.4) is 0 Å². The Labute approximate surface area is 158 Å². The lowest BCUT2D eigenvalue weighted by atomic mass is 9.75. The molecule has 1 atom stereocenters. The molecule has 1 rings (SSSR count). The Morgan fingerprint density at radius 3 is 2.50 bits per heavy atom. The van der Waals surface area contributed by atoms with Crippen molar-refractivity contribution >= 4 is 21.5 Å². The highest BCUT2D eigenvalue weighted by atomic mass is 32.2. The maximum Gasteiger partial charge on any atom is 0.328 e. The first-order valence-corrected chi connectivity index (χ1v) is 10.5. The van der Waals surface area contributed by atoms with Crippen LogP contribution < -0.4 is 4.72 Å². The lowest BCUT2D eigenvalue weighted by Gasteiger charge is -2.34. The number of carboxylic acids is 1. The van der Waals surface area contributed by atoms with Crippen LogP contribution in [0, 0.1) is 5.41 Å². The summed E-state index contributed by atoms with van der Waals surface area (Å²) in [5.74, 6) is 2.94. The summed E-state index contributed by atoms with van der Waals surface area (Å²) in [6, 6.07) is 0. The van der Waals surface area contributed by atoms with Crippen LogP contribution in [-0.4, -0.2) is 28.2 Å². The molecule has 26 heavy (non-hydrogen) atoms. The van der Waals surface area contributed by atoms with Gasteiger partial charge in [0, 0.05) is 20.7 Å². The van der Waals surface area contributed by atoms with E-state index < -0.39 is 15.7 Å². The molecule has 1 aliphatic carbocycles. The highest BCUT2D eigenvalue weighted by Crippen LogP contribution is 2.42. The van der Waals surface area contributed by atoms with E-state index in [4.69, 9.17) is 5.11 Å². The molecule has 4 nitrogen and oxygen atoms in total. The molecule has 0 bridgehead atoms. The van der Waals surface area contributed by atoms with Crippen molar-refractivity contribution < 1.29 is 14.1 Å². The highest BCUT2D eigenvalue weighted by Gasteiger charge is 2.31. The predicted molar refractivity (Wildman–Crippen MR) is 112 cm³/mol. The topological polar surface area (TPSA) is 66.4 Å². The summed E-state index contributed by atoms with van der Waals surface area (Å²) in [5.41, 5.74) is 2.75. The second-order valence-corrected chi connectivity index (χ2v) is 9.53. The summed E-state index contributed by atoms with van der Waals surface area (Å²) in [7, 11) is -0.759. The van der Waals surface area contributed by atoms with E-state index in [0.29, 0.717) is 5.57 Å². The first-order chi connectivity index (χ1) is 12.0. The second-order valence-electron chi connectivity index (χ2n) is 7.28. The van der Waals surface area contributed by atoms with Crippen LogP contribution in [0.5, 0.6) is 0 Å². The molecule has 0 spiro atoms. The molecule has 0 aromatic rings. The van der Waals surface area contributed by atoms with E-state index in [0.717, 1.165) is 35.3 Å². The van der Waals surface area contributed by atoms with Gasteiger partial charge in [0.25, 0.3) is 0 Å². The van der Waals surface area contributed by atoms with Gasteiger partial charge in [-0.3, -0.25) is 0 Å². The minimum atomic E-state index is -2.45. The third-order valence-corrected chi connectivity index (χ3v) is 6.42. The fourth-order valence-electron chi connectivity index (χ4n) is 2.99. The third-order valence-electron chi connectivity index (χ3n) is 4.55. The Kier molecular flexibility index (Phi) is 7.85. The van der Waals surface area contributed by atoms with Gasteiger partial charge in [0.2, 0.25) is 0 Å². The van der Waals surface area contributed by atoms with Crippen LogP contribution in [-0.2, 0) is 14.5 Å². The molecule has 0 saturated heterocycles. The van der Waals surface area contributed by atoms with Crippen molar-refractivity contribution in [3.8, 4) is 0 Å². The fraction of sp³-hybridized carbons (Fsp3) is 0.429. The Morgan fingerprint density at radius 2 is 1.92 bits per heavy atom. The van der Waals surface area contributed by atoms with E-state index in [2.05, 4.69) is 30.5 Å². The van der Waals surface area contributed by atoms with Crippen molar-refractivity contribution in [2.75, 3.05) is 7.05 Å². The molecule has 0 aliphatic heterocycles. The van der Waals surface area contributed by atoms with E-state index in [1.165, 1.54) is 6.08 Å². The van der Waals surface area contributed by atoms with Crippen molar-refractivity contribution in [1.29, 1.82) is 0 Å². The van der Waals surface area contributed by atoms with Gasteiger partial charge in [0.05, 0.1) is 0 Å². The van der Waals surface area contributed by atoms with Gasteiger partial charge in [-0.05, 0) is 62.6 Å². The molecule has 0 amide bonds. The number of carbonyl (C=O) groups is 1. The summed E-state index contributed by atoms with van der Waals surface area (Å²) in [5, 5.41) is 8.71. The van der Waals surface area contributed by atoms with Gasteiger partial charge in [0.15, 0.2) is 0 Å². The molecule has 5 heteroatoms. The molecule has 2 N–H and O–H groups in total. The van der Waals surface area contributed by atoms with Crippen LogP contribution in [0.4, 0.5) is 0 Å². The lowest BCUT2D eigenvalue weighted by molar-refractivity contribution is -0.131. The van der Waals surface area contributed by atoms with Gasteiger partial charge >= 0.3 is 5.97 Å². The number of carboxylic acid groups (broad SMARTS) is 1. The number of hydrogen-bond donors (Lipinski definition) is 2. The second kappa shape index (κ2) is 9.19. The van der Waals surface area contributed by atoms with E-state index in [-0.39, 0.29) is 5.41 Å². The van der Waals surface area contributed by atoms with E-state index >= 15 is 0 Å². The van der Waals surface area contributed by atoms with Gasteiger partial charge in [-0.1, -0.05) is 49.8 Å². The van der Waals surface area contributed by atoms with Gasteiger partial charge in [0.1, 0.15) is 0 Å². The largest absolute Gasteiger partial charge is 0.478 e. The molecule has 0 aromatic heterocycles. The normalized spacial score (nSPS) is 21.4. The van der Waals surface area contributed by atoms with Crippen molar-refractivity contribution in [1.82, 2.24) is 4.72 Å². The molecule has 0 fully saturated rings. The summed E-state index contributed by atoms with van der Waals surface area (Å²) in [6.07, 6.45) is 13.6. The number of nitrogens with one attached hydrogen (secondary N) is 1. The summed E-state index contributed by atoms with van der Waals surface area (Å²) in [6.45, 7) is 8.08. The SMILES string of the molecule is C=S(=O)(NC)C1=C(/C=C/C(C)=C/C=C/C(C)=C/C(=O)O)C(C)(C)CCC1.